The topological polar surface area (TPSA) is 58.6 Å². The van der Waals surface area contributed by atoms with E-state index >= 15 is 0 Å². The van der Waals surface area contributed by atoms with Gasteiger partial charge in [-0.05, 0) is 30.5 Å². The van der Waals surface area contributed by atoms with Gasteiger partial charge in [0.15, 0.2) is 0 Å². The van der Waals surface area contributed by atoms with Gasteiger partial charge in [0, 0.05) is 12.3 Å². The number of rotatable bonds is 2. The van der Waals surface area contributed by atoms with E-state index in [1.165, 1.54) is 12.1 Å². The Morgan fingerprint density at radius 2 is 2.40 bits per heavy atom. The van der Waals surface area contributed by atoms with Gasteiger partial charge in [-0.3, -0.25) is 4.79 Å². The average Bonchev–Trinajstić information content (AvgIpc) is 2.84. The molecule has 0 spiro atoms. The van der Waals surface area contributed by atoms with Gasteiger partial charge in [-0.1, -0.05) is 18.8 Å². The maximum atomic E-state index is 13.7. The Bertz CT molecular complexity index is 562. The summed E-state index contributed by atoms with van der Waals surface area (Å²) in [5.74, 6) is 4.23. The molecule has 1 heterocycles. The highest BCUT2D eigenvalue weighted by Crippen LogP contribution is 2.22. The quantitative estimate of drug-likeness (QED) is 0.806. The lowest BCUT2D eigenvalue weighted by Gasteiger charge is -2.14. The van der Waals surface area contributed by atoms with Crippen molar-refractivity contribution >= 4 is 11.6 Å². The van der Waals surface area contributed by atoms with E-state index in [9.17, 15) is 9.18 Å². The van der Waals surface area contributed by atoms with Gasteiger partial charge in [0.1, 0.15) is 18.5 Å². The van der Waals surface area contributed by atoms with Crippen molar-refractivity contribution in [2.75, 3.05) is 18.5 Å². The largest absolute Gasteiger partial charge is 0.384 e. The van der Waals surface area contributed by atoms with Crippen LogP contribution in [0.1, 0.15) is 18.9 Å². The van der Waals surface area contributed by atoms with Crippen LogP contribution in [0.25, 0.3) is 0 Å². The first-order chi connectivity index (χ1) is 9.61. The van der Waals surface area contributed by atoms with Crippen LogP contribution in [-0.4, -0.2) is 30.3 Å². The number of aliphatic hydroxyl groups excluding tert-OH is 1. The van der Waals surface area contributed by atoms with Crippen molar-refractivity contribution < 1.29 is 19.0 Å². The first-order valence-electron chi connectivity index (χ1n) is 6.43. The third kappa shape index (κ3) is 3.35. The molecule has 1 saturated heterocycles. The van der Waals surface area contributed by atoms with E-state index in [4.69, 9.17) is 9.84 Å². The van der Waals surface area contributed by atoms with Gasteiger partial charge in [-0.15, -0.1) is 0 Å². The molecule has 2 atom stereocenters. The predicted octanol–water partition coefficient (Wildman–Crippen LogP) is 1.53. The summed E-state index contributed by atoms with van der Waals surface area (Å²) in [4.78, 5) is 12.0. The van der Waals surface area contributed by atoms with Crippen molar-refractivity contribution in [2.24, 2.45) is 5.92 Å². The van der Waals surface area contributed by atoms with Crippen molar-refractivity contribution in [1.29, 1.82) is 0 Å². The molecular weight excluding hydrogens is 261 g/mol. The van der Waals surface area contributed by atoms with Gasteiger partial charge in [-0.25, -0.2) is 4.39 Å². The molecule has 1 aliphatic heterocycles. The Morgan fingerprint density at radius 1 is 1.60 bits per heavy atom. The van der Waals surface area contributed by atoms with Crippen molar-refractivity contribution in [3.05, 3.63) is 29.6 Å². The Kier molecular flexibility index (Phi) is 4.72. The fourth-order valence-electron chi connectivity index (χ4n) is 2.07. The number of carbonyl (C=O) groups excluding carboxylic acids is 1. The summed E-state index contributed by atoms with van der Waals surface area (Å²) in [6, 6.07) is 4.24. The Balaban J connectivity index is 2.06. The van der Waals surface area contributed by atoms with Crippen LogP contribution in [0.2, 0.25) is 0 Å². The lowest BCUT2D eigenvalue weighted by molar-refractivity contribution is -0.126. The van der Waals surface area contributed by atoms with Crippen LogP contribution in [0.15, 0.2) is 18.2 Å². The zero-order valence-corrected chi connectivity index (χ0v) is 11.1. The van der Waals surface area contributed by atoms with Gasteiger partial charge in [0.2, 0.25) is 0 Å². The molecule has 0 radical (unpaired) electrons. The molecule has 106 valence electrons. The summed E-state index contributed by atoms with van der Waals surface area (Å²) in [5, 5.41) is 11.2. The highest BCUT2D eigenvalue weighted by Gasteiger charge is 2.30. The van der Waals surface area contributed by atoms with Crippen LogP contribution in [0.4, 0.5) is 10.1 Å². The minimum Gasteiger partial charge on any atom is -0.384 e. The molecule has 1 aliphatic rings. The van der Waals surface area contributed by atoms with E-state index in [0.717, 1.165) is 6.42 Å². The van der Waals surface area contributed by atoms with Crippen LogP contribution in [0, 0.1) is 23.6 Å². The first kappa shape index (κ1) is 14.5. The molecule has 1 amide bonds. The molecule has 2 unspecified atom stereocenters. The van der Waals surface area contributed by atoms with E-state index in [2.05, 4.69) is 17.2 Å². The summed E-state index contributed by atoms with van der Waals surface area (Å²) in [6.07, 6.45) is 0.370. The molecule has 20 heavy (non-hydrogen) atoms. The third-order valence-electron chi connectivity index (χ3n) is 3.18. The number of carbonyl (C=O) groups is 1. The van der Waals surface area contributed by atoms with E-state index in [-0.39, 0.29) is 24.0 Å². The Labute approximate surface area is 116 Å². The Morgan fingerprint density at radius 3 is 3.00 bits per heavy atom. The minimum absolute atomic E-state index is 0.162. The highest BCUT2D eigenvalue weighted by atomic mass is 19.1. The maximum Gasteiger partial charge on any atom is 0.253 e. The molecule has 2 N–H and O–H groups in total. The third-order valence-corrected chi connectivity index (χ3v) is 3.18. The molecule has 5 heteroatoms. The monoisotopic (exact) mass is 277 g/mol. The normalized spacial score (nSPS) is 21.1. The second kappa shape index (κ2) is 6.51. The average molecular weight is 277 g/mol. The standard InChI is InChI=1S/C15H16FNO3/c1-10-6-8-20-14(10)15(19)17-12-5-4-11(3-2-7-18)13(16)9-12/h4-5,9-10,14,18H,6-8H2,1H3,(H,17,19). The fraction of sp³-hybridized carbons (Fsp3) is 0.400. The van der Waals surface area contributed by atoms with Gasteiger partial charge in [0.25, 0.3) is 5.91 Å². The summed E-state index contributed by atoms with van der Waals surface area (Å²) >= 11 is 0. The van der Waals surface area contributed by atoms with E-state index < -0.39 is 11.9 Å². The molecule has 0 bridgehead atoms. The second-order valence-corrected chi connectivity index (χ2v) is 4.70. The lowest BCUT2D eigenvalue weighted by atomic mass is 10.0. The molecule has 0 saturated carbocycles. The van der Waals surface area contributed by atoms with Gasteiger partial charge >= 0.3 is 0 Å². The van der Waals surface area contributed by atoms with Crippen molar-refractivity contribution in [3.8, 4) is 11.8 Å². The van der Waals surface area contributed by atoms with E-state index in [1.54, 1.807) is 6.07 Å². The minimum atomic E-state index is -0.538. The van der Waals surface area contributed by atoms with Gasteiger partial charge < -0.3 is 15.2 Å². The number of amides is 1. The molecule has 2 rings (SSSR count). The first-order valence-corrected chi connectivity index (χ1v) is 6.43. The highest BCUT2D eigenvalue weighted by molar-refractivity contribution is 5.94. The van der Waals surface area contributed by atoms with Crippen molar-refractivity contribution in [3.63, 3.8) is 0 Å². The van der Waals surface area contributed by atoms with Crippen LogP contribution in [0.5, 0.6) is 0 Å². The molecule has 0 aromatic heterocycles. The number of aliphatic hydroxyl groups is 1. The number of anilines is 1. The van der Waals surface area contributed by atoms with Crippen LogP contribution >= 0.6 is 0 Å². The van der Waals surface area contributed by atoms with Crippen molar-refractivity contribution in [1.82, 2.24) is 0 Å². The van der Waals surface area contributed by atoms with Crippen LogP contribution in [-0.2, 0) is 9.53 Å². The smallest absolute Gasteiger partial charge is 0.253 e. The number of benzene rings is 1. The number of halogens is 1. The Hall–Kier alpha value is -1.90. The lowest BCUT2D eigenvalue weighted by Crippen LogP contribution is -2.31. The van der Waals surface area contributed by atoms with Crippen molar-refractivity contribution in [2.45, 2.75) is 19.4 Å². The second-order valence-electron chi connectivity index (χ2n) is 4.70. The molecule has 1 aromatic rings. The van der Waals surface area contributed by atoms with Gasteiger partial charge in [-0.2, -0.15) is 0 Å². The van der Waals surface area contributed by atoms with Crippen LogP contribution < -0.4 is 5.32 Å². The summed E-state index contributed by atoms with van der Waals surface area (Å²) < 4.78 is 19.1. The number of hydrogen-bond acceptors (Lipinski definition) is 3. The fourth-order valence-corrected chi connectivity index (χ4v) is 2.07. The van der Waals surface area contributed by atoms with E-state index in [0.29, 0.717) is 12.3 Å². The summed E-state index contributed by atoms with van der Waals surface area (Å²) in [5.41, 5.74) is 0.548. The SMILES string of the molecule is CC1CCOC1C(=O)Nc1ccc(C#CCO)c(F)c1. The number of hydrogen-bond donors (Lipinski definition) is 2. The molecule has 0 aliphatic carbocycles. The predicted molar refractivity (Wildman–Crippen MR) is 72.5 cm³/mol. The number of ether oxygens (including phenoxy) is 1. The van der Waals surface area contributed by atoms with E-state index in [1.807, 2.05) is 6.92 Å². The van der Waals surface area contributed by atoms with Gasteiger partial charge in [0.05, 0.1) is 5.56 Å². The number of nitrogens with one attached hydrogen (secondary N) is 1. The zero-order valence-electron chi connectivity index (χ0n) is 11.1. The zero-order chi connectivity index (χ0) is 14.5. The summed E-state index contributed by atoms with van der Waals surface area (Å²) in [7, 11) is 0. The summed E-state index contributed by atoms with van der Waals surface area (Å²) in [6.45, 7) is 2.20. The van der Waals surface area contributed by atoms with Crippen LogP contribution in [0.3, 0.4) is 0 Å². The molecule has 1 aromatic carbocycles. The molecule has 4 nitrogen and oxygen atoms in total. The maximum absolute atomic E-state index is 13.7. The molecular formula is C15H16FNO3. The molecule has 1 fully saturated rings.